The summed E-state index contributed by atoms with van der Waals surface area (Å²) in [6.07, 6.45) is 1.21. The fourth-order valence-electron chi connectivity index (χ4n) is 0.639. The molecule has 1 nitrogen and oxygen atoms in total. The van der Waals surface area contributed by atoms with Crippen LogP contribution in [0.4, 0.5) is 0 Å². The Kier molecular flexibility index (Phi) is 1.86. The van der Waals surface area contributed by atoms with Gasteiger partial charge < -0.3 is 12.2 Å². The van der Waals surface area contributed by atoms with Gasteiger partial charge in [0.05, 0.1) is 0 Å². The predicted octanol–water partition coefficient (Wildman–Crippen LogP) is 1.21. The Morgan fingerprint density at radius 3 is 2.43 bits per heavy atom. The van der Waals surface area contributed by atoms with Gasteiger partial charge in [0.25, 0.3) is 0 Å². The number of rotatable bonds is 0. The Balaban J connectivity index is 0.000000360. The molecule has 0 radical (unpaired) electrons. The fourth-order valence-corrected chi connectivity index (χ4v) is 0.639. The molecular weight excluding hydrogens is 321 g/mol. The Morgan fingerprint density at radius 2 is 2.29 bits per heavy atom. The molecule has 0 N–H and O–H groups in total. The Morgan fingerprint density at radius 1 is 1.57 bits per heavy atom. The second-order valence-electron chi connectivity index (χ2n) is 1.78. The molecule has 0 amide bonds. The van der Waals surface area contributed by atoms with Crippen molar-refractivity contribution >= 4 is 0 Å². The monoisotopic (exact) mass is 326 g/mol. The van der Waals surface area contributed by atoms with E-state index in [0.29, 0.717) is 5.92 Å². The van der Waals surface area contributed by atoms with Crippen LogP contribution >= 0.6 is 0 Å². The molecule has 44 valence electrons. The summed E-state index contributed by atoms with van der Waals surface area (Å²) in [5.41, 5.74) is 0. The van der Waals surface area contributed by atoms with Crippen molar-refractivity contribution in [1.29, 1.82) is 0 Å². The van der Waals surface area contributed by atoms with Crippen LogP contribution in [0.25, 0.3) is 5.32 Å². The zero-order valence-electron chi connectivity index (χ0n) is 4.21. The summed E-state index contributed by atoms with van der Waals surface area (Å²) in [6, 6.07) is 0. The van der Waals surface area contributed by atoms with Gasteiger partial charge in [0.2, 0.25) is 0 Å². The van der Waals surface area contributed by atoms with Gasteiger partial charge in [-0.15, -0.1) is 0 Å². The van der Waals surface area contributed by atoms with Gasteiger partial charge in [0, 0.05) is 0 Å². The first-order chi connectivity index (χ1) is 2.89. The van der Waals surface area contributed by atoms with Crippen LogP contribution in [0, 0.1) is 12.8 Å². The van der Waals surface area contributed by atoms with Crippen molar-refractivity contribution < 1.29 is 0 Å². The number of hydrogen-bond donors (Lipinski definition) is 0. The Labute approximate surface area is 38.7 Å². The topological polar surface area (TPSA) is 14.1 Å². The maximum Gasteiger partial charge on any atom is 0 e. The van der Waals surface area contributed by atoms with Crippen LogP contribution < -0.4 is 0 Å². The third-order valence-corrected chi connectivity index (χ3v) is 1.08. The van der Waals surface area contributed by atoms with Crippen molar-refractivity contribution in [3.8, 4) is 0 Å². The molecule has 0 saturated carbocycles. The summed E-state index contributed by atoms with van der Waals surface area (Å²) >= 11 is 0. The smallest absolute Gasteiger partial charge is 0 e. The molecule has 0 aromatic rings. The molecule has 0 aliphatic carbocycles. The van der Waals surface area contributed by atoms with E-state index in [0.717, 1.165) is 13.1 Å². The molecule has 1 aliphatic heterocycles. The SMILES string of the molecule is [CH2-]C1CC[N-]C1.[Cm]. The average molecular weight is 330 g/mol. The average Bonchev–Trinajstić information content (AvgIpc) is 1.86. The number of nitrogens with zero attached hydrogens (tertiary/aromatic N) is 1. The fraction of sp³-hybridized carbons (Fsp3) is 0.800. The first kappa shape index (κ1) is 5.96. The van der Waals surface area contributed by atoms with Gasteiger partial charge in [-0.1, -0.05) is 6.42 Å². The molecule has 7 heavy (non-hydrogen) atoms. The molecule has 1 atom stereocenters. The molecule has 0 spiro atoms. The summed E-state index contributed by atoms with van der Waals surface area (Å²) in [4.78, 5) is 0. The van der Waals surface area contributed by atoms with E-state index >= 15 is 0 Å². The largest absolute Gasteiger partial charge is 0.664 e. The van der Waals surface area contributed by atoms with Crippen molar-refractivity contribution in [3.05, 3.63) is 12.2 Å². The third kappa shape index (κ3) is 1.22. The number of hydrogen-bond acceptors (Lipinski definition) is 0. The maximum absolute atomic E-state index is 4.10. The van der Waals surface area contributed by atoms with Crippen LogP contribution in [0.1, 0.15) is 6.42 Å². The molecule has 1 aliphatic rings. The summed E-state index contributed by atoms with van der Waals surface area (Å²) < 4.78 is 0. The van der Waals surface area contributed by atoms with E-state index in [-0.39, 0.29) is 0 Å². The van der Waals surface area contributed by atoms with E-state index in [1.165, 1.54) is 6.42 Å². The minimum absolute atomic E-state index is 0. The van der Waals surface area contributed by atoms with Gasteiger partial charge in [0.15, 0.2) is 0 Å². The van der Waals surface area contributed by atoms with Gasteiger partial charge in [-0.3, -0.25) is 0 Å². The van der Waals surface area contributed by atoms with Crippen molar-refractivity contribution in [2.24, 2.45) is 5.92 Å². The summed E-state index contributed by atoms with van der Waals surface area (Å²) in [6.45, 7) is 5.89. The molecule has 1 heterocycles. The van der Waals surface area contributed by atoms with E-state index in [2.05, 4.69) is 12.2 Å². The van der Waals surface area contributed by atoms with E-state index in [9.17, 15) is 0 Å². The molecule has 1 fully saturated rings. The summed E-state index contributed by atoms with van der Waals surface area (Å²) in [5.74, 6) is 0.630. The molecule has 1 unspecified atom stereocenters. The quantitative estimate of drug-likeness (QED) is 0.593. The van der Waals surface area contributed by atoms with E-state index in [4.69, 9.17) is 0 Å². The van der Waals surface area contributed by atoms with Crippen molar-refractivity contribution in [3.63, 3.8) is 0 Å². The molecule has 0 aromatic heterocycles. The van der Waals surface area contributed by atoms with Crippen LogP contribution in [0.2, 0.25) is 0 Å². The van der Waals surface area contributed by atoms with E-state index in [1.807, 2.05) is 0 Å². The molecule has 0 bridgehead atoms. The maximum atomic E-state index is 4.10. The zero-order valence-corrected chi connectivity index (χ0v) is 7.15. The van der Waals surface area contributed by atoms with E-state index < -0.39 is 0 Å². The third-order valence-electron chi connectivity index (χ3n) is 1.08. The van der Waals surface area contributed by atoms with Crippen LogP contribution in [-0.2, 0) is 0 Å². The van der Waals surface area contributed by atoms with Crippen molar-refractivity contribution in [2.45, 2.75) is 6.42 Å². The van der Waals surface area contributed by atoms with Crippen molar-refractivity contribution in [2.75, 3.05) is 13.1 Å². The van der Waals surface area contributed by atoms with Crippen LogP contribution in [-0.4, -0.2) is 13.1 Å². The zero-order chi connectivity index (χ0) is 4.41. The van der Waals surface area contributed by atoms with Gasteiger partial charge in [-0.05, 0) is 0 Å². The minimum Gasteiger partial charge on any atom is -0.664 e. The van der Waals surface area contributed by atoms with Crippen LogP contribution in [0.5, 0.6) is 0 Å². The first-order valence-corrected chi connectivity index (χ1v) is 2.36. The van der Waals surface area contributed by atoms with E-state index in [1.54, 1.807) is 0 Å². The molecule has 1 saturated heterocycles. The van der Waals surface area contributed by atoms with Gasteiger partial charge in [-0.2, -0.15) is 19.0 Å². The standard InChI is InChI=1S/C5H9N.Cm/c1-5-2-3-6-4-5;/h5H,1-4H2;/q-2;. The van der Waals surface area contributed by atoms with Crippen LogP contribution in [0.15, 0.2) is 0 Å². The first-order valence-electron chi connectivity index (χ1n) is 2.36. The minimum atomic E-state index is 0. The molecule has 0 aromatic carbocycles. The molecule has 2 heteroatoms. The molecule has 1 rings (SSSR count). The Bertz CT molecular complexity index is 41.3. The van der Waals surface area contributed by atoms with Crippen molar-refractivity contribution in [1.82, 2.24) is 0 Å². The summed E-state index contributed by atoms with van der Waals surface area (Å²) in [5, 5.41) is 4.10. The molecular formula is C5H9CmN-2. The second kappa shape index (κ2) is 2.19. The van der Waals surface area contributed by atoms with Gasteiger partial charge >= 0.3 is 0 Å². The predicted molar refractivity (Wildman–Crippen MR) is 26.6 cm³/mol. The summed E-state index contributed by atoms with van der Waals surface area (Å²) in [7, 11) is 0. The Hall–Kier alpha value is -1.04. The normalized spacial score (nSPS) is 29.6. The van der Waals surface area contributed by atoms with Gasteiger partial charge in [0.1, 0.15) is 0 Å². The second-order valence-corrected chi connectivity index (χ2v) is 1.78. The van der Waals surface area contributed by atoms with Crippen LogP contribution in [0.3, 0.4) is 0 Å². The van der Waals surface area contributed by atoms with Gasteiger partial charge in [-0.25, -0.2) is 0 Å².